The van der Waals surface area contributed by atoms with Crippen LogP contribution in [0.3, 0.4) is 0 Å². The second-order valence-electron chi connectivity index (χ2n) is 7.03. The van der Waals surface area contributed by atoms with Crippen molar-refractivity contribution < 1.29 is 0 Å². The van der Waals surface area contributed by atoms with Crippen molar-refractivity contribution in [1.82, 2.24) is 10.4 Å². The highest BCUT2D eigenvalue weighted by Gasteiger charge is 2.30. The van der Waals surface area contributed by atoms with Gasteiger partial charge in [-0.25, -0.2) is 0 Å². The van der Waals surface area contributed by atoms with Gasteiger partial charge in [0.25, 0.3) is 0 Å². The highest BCUT2D eigenvalue weighted by Crippen LogP contribution is 2.34. The Morgan fingerprint density at radius 3 is 2.24 bits per heavy atom. The summed E-state index contributed by atoms with van der Waals surface area (Å²) in [6.07, 6.45) is 9.07. The molecule has 0 amide bonds. The van der Waals surface area contributed by atoms with Crippen molar-refractivity contribution in [2.45, 2.75) is 47.6 Å². The van der Waals surface area contributed by atoms with E-state index in [4.69, 9.17) is 0 Å². The molecule has 17 heavy (non-hydrogen) atoms. The van der Waals surface area contributed by atoms with Crippen molar-refractivity contribution in [2.24, 2.45) is 10.8 Å². The first-order valence-corrected chi connectivity index (χ1v) is 6.36. The number of fused-ring (bicyclic) bond motifs is 1. The Balaban J connectivity index is 2.21. The van der Waals surface area contributed by atoms with Crippen LogP contribution in [0.15, 0.2) is 35.7 Å². The summed E-state index contributed by atoms with van der Waals surface area (Å²) in [5, 5.41) is 2.21. The average molecular weight is 232 g/mol. The Morgan fingerprint density at radius 2 is 1.71 bits per heavy atom. The maximum atomic E-state index is 3.50. The monoisotopic (exact) mass is 232 g/mol. The van der Waals surface area contributed by atoms with Crippen LogP contribution in [-0.2, 0) is 0 Å². The molecule has 2 heterocycles. The van der Waals surface area contributed by atoms with Gasteiger partial charge in [-0.1, -0.05) is 53.7 Å². The summed E-state index contributed by atoms with van der Waals surface area (Å²) in [6, 6.07) is 0.371. The number of rotatable bonds is 0. The van der Waals surface area contributed by atoms with Gasteiger partial charge in [-0.15, -0.1) is 0 Å². The summed E-state index contributed by atoms with van der Waals surface area (Å²) < 4.78 is 0. The third-order valence-electron chi connectivity index (χ3n) is 3.33. The fraction of sp³-hybridized carbons (Fsp3) is 0.600. The molecule has 2 aliphatic rings. The third-order valence-corrected chi connectivity index (χ3v) is 3.33. The predicted octanol–water partition coefficient (Wildman–Crippen LogP) is 3.61. The Labute approximate surface area is 105 Å². The van der Waals surface area contributed by atoms with Gasteiger partial charge in [0.15, 0.2) is 0 Å². The molecule has 0 saturated carbocycles. The molecule has 0 aliphatic carbocycles. The zero-order valence-electron chi connectivity index (χ0n) is 11.8. The highest BCUT2D eigenvalue weighted by atomic mass is 15.5. The van der Waals surface area contributed by atoms with Crippen molar-refractivity contribution >= 4 is 0 Å². The second kappa shape index (κ2) is 3.66. The van der Waals surface area contributed by atoms with Gasteiger partial charge in [0.05, 0.1) is 6.04 Å². The van der Waals surface area contributed by atoms with E-state index in [1.807, 2.05) is 0 Å². The van der Waals surface area contributed by atoms with Crippen molar-refractivity contribution in [3.8, 4) is 0 Å². The quantitative estimate of drug-likeness (QED) is 0.686. The maximum Gasteiger partial charge on any atom is 0.0882 e. The second-order valence-corrected chi connectivity index (χ2v) is 7.03. The molecule has 0 bridgehead atoms. The molecule has 1 atom stereocenters. The molecule has 2 heteroatoms. The van der Waals surface area contributed by atoms with E-state index in [1.54, 1.807) is 0 Å². The van der Waals surface area contributed by atoms with E-state index < -0.39 is 0 Å². The molecule has 0 aromatic carbocycles. The molecule has 1 unspecified atom stereocenters. The Bertz CT molecular complexity index is 400. The Morgan fingerprint density at radius 1 is 1.06 bits per heavy atom. The molecule has 0 aromatic heterocycles. The predicted molar refractivity (Wildman–Crippen MR) is 73.0 cm³/mol. The van der Waals surface area contributed by atoms with E-state index >= 15 is 0 Å². The first kappa shape index (κ1) is 12.3. The molecule has 0 aromatic rings. The number of hydrogen-bond donors (Lipinski definition) is 1. The first-order chi connectivity index (χ1) is 7.68. The minimum absolute atomic E-state index is 0.181. The van der Waals surface area contributed by atoms with Crippen LogP contribution < -0.4 is 5.43 Å². The number of allylic oxidation sites excluding steroid dienone is 3. The number of hydrazine groups is 1. The molecule has 2 nitrogen and oxygen atoms in total. The lowest BCUT2D eigenvalue weighted by atomic mass is 9.85. The summed E-state index contributed by atoms with van der Waals surface area (Å²) >= 11 is 0. The zero-order valence-corrected chi connectivity index (χ0v) is 11.8. The third kappa shape index (κ3) is 2.41. The standard InChI is InChI=1S/C15H24N2/c1-14(2,3)11-7-8-12-9-13(15(4,5)6)16-17(12)10-11/h7-10,12,16H,1-6H3. The van der Waals surface area contributed by atoms with E-state index in [0.717, 1.165) is 0 Å². The van der Waals surface area contributed by atoms with Crippen molar-refractivity contribution in [3.05, 3.63) is 35.7 Å². The molecule has 94 valence electrons. The van der Waals surface area contributed by atoms with E-state index in [0.29, 0.717) is 6.04 Å². The van der Waals surface area contributed by atoms with Gasteiger partial charge in [-0.05, 0) is 17.1 Å². The van der Waals surface area contributed by atoms with Gasteiger partial charge in [0.1, 0.15) is 0 Å². The van der Waals surface area contributed by atoms with Crippen LogP contribution >= 0.6 is 0 Å². The van der Waals surface area contributed by atoms with E-state index in [2.05, 4.69) is 76.4 Å². The van der Waals surface area contributed by atoms with Gasteiger partial charge in [-0.2, -0.15) is 0 Å². The smallest absolute Gasteiger partial charge is 0.0882 e. The molecule has 2 rings (SSSR count). The SMILES string of the molecule is CC(C)(C)C1=CN2NC(C(C)(C)C)=CC2C=C1. The van der Waals surface area contributed by atoms with Crippen LogP contribution in [-0.4, -0.2) is 11.1 Å². The lowest BCUT2D eigenvalue weighted by molar-refractivity contribution is 0.280. The first-order valence-electron chi connectivity index (χ1n) is 6.36. The summed E-state index contributed by atoms with van der Waals surface area (Å²) in [4.78, 5) is 0. The molecule has 0 radical (unpaired) electrons. The van der Waals surface area contributed by atoms with Crippen molar-refractivity contribution in [1.29, 1.82) is 0 Å². The van der Waals surface area contributed by atoms with Crippen LogP contribution in [0.2, 0.25) is 0 Å². The lowest BCUT2D eigenvalue weighted by Gasteiger charge is -2.31. The molecular formula is C15H24N2. The van der Waals surface area contributed by atoms with Crippen LogP contribution in [0, 0.1) is 10.8 Å². The normalized spacial score (nSPS) is 24.1. The van der Waals surface area contributed by atoms with E-state index in [1.165, 1.54) is 11.3 Å². The molecule has 0 spiro atoms. The fourth-order valence-corrected chi connectivity index (χ4v) is 2.03. The van der Waals surface area contributed by atoms with Crippen molar-refractivity contribution in [3.63, 3.8) is 0 Å². The summed E-state index contributed by atoms with van der Waals surface area (Å²) in [5.74, 6) is 0. The molecular weight excluding hydrogens is 208 g/mol. The van der Waals surface area contributed by atoms with Gasteiger partial charge in [-0.3, -0.25) is 5.01 Å². The van der Waals surface area contributed by atoms with Crippen molar-refractivity contribution in [2.75, 3.05) is 0 Å². The summed E-state index contributed by atoms with van der Waals surface area (Å²) in [7, 11) is 0. The van der Waals surface area contributed by atoms with Crippen LogP contribution in [0.25, 0.3) is 0 Å². The van der Waals surface area contributed by atoms with Gasteiger partial charge >= 0.3 is 0 Å². The van der Waals surface area contributed by atoms with Gasteiger partial charge in [0.2, 0.25) is 0 Å². The van der Waals surface area contributed by atoms with Crippen LogP contribution in [0.1, 0.15) is 41.5 Å². The number of nitrogens with zero attached hydrogens (tertiary/aromatic N) is 1. The fourth-order valence-electron chi connectivity index (χ4n) is 2.03. The summed E-state index contributed by atoms with van der Waals surface area (Å²) in [5.41, 5.74) is 6.55. The molecule has 2 aliphatic heterocycles. The van der Waals surface area contributed by atoms with Gasteiger partial charge in [0, 0.05) is 17.3 Å². The largest absolute Gasteiger partial charge is 0.302 e. The molecule has 0 saturated heterocycles. The molecule has 0 fully saturated rings. The van der Waals surface area contributed by atoms with Gasteiger partial charge < -0.3 is 5.43 Å². The maximum absolute atomic E-state index is 3.50. The van der Waals surface area contributed by atoms with Crippen LogP contribution in [0.5, 0.6) is 0 Å². The zero-order chi connectivity index (χ0) is 12.8. The minimum atomic E-state index is 0.181. The van der Waals surface area contributed by atoms with Crippen LogP contribution in [0.4, 0.5) is 0 Å². The highest BCUT2D eigenvalue weighted by molar-refractivity contribution is 5.34. The van der Waals surface area contributed by atoms with E-state index in [9.17, 15) is 0 Å². The van der Waals surface area contributed by atoms with E-state index in [-0.39, 0.29) is 10.8 Å². The average Bonchev–Trinajstić information content (AvgIpc) is 2.57. The summed E-state index contributed by atoms with van der Waals surface area (Å²) in [6.45, 7) is 13.5. The Kier molecular flexibility index (Phi) is 2.64. The minimum Gasteiger partial charge on any atom is -0.302 e. The molecule has 1 N–H and O–H groups in total. The number of hydrogen-bond acceptors (Lipinski definition) is 2. The lowest BCUT2D eigenvalue weighted by Crippen LogP contribution is -2.37. The number of nitrogens with one attached hydrogen (secondary N) is 1. The Hall–Kier alpha value is -1.18. The topological polar surface area (TPSA) is 15.3 Å².